The first-order chi connectivity index (χ1) is 7.92. The van der Waals surface area contributed by atoms with Gasteiger partial charge in [0.25, 0.3) is 0 Å². The van der Waals surface area contributed by atoms with Gasteiger partial charge in [0, 0.05) is 6.54 Å². The molecule has 0 radical (unpaired) electrons. The molecule has 0 aromatic carbocycles. The van der Waals surface area contributed by atoms with Crippen LogP contribution in [-0.4, -0.2) is 41.4 Å². The number of thiophene rings is 1. The second-order valence-corrected chi connectivity index (χ2v) is 4.04. The normalized spacial score (nSPS) is 10.8. The number of fused-ring (bicyclic) bond motifs is 1. The zero-order valence-corrected chi connectivity index (χ0v) is 9.54. The quantitative estimate of drug-likeness (QED) is 0.739. The van der Waals surface area contributed by atoms with E-state index in [1.54, 1.807) is 17.7 Å². The van der Waals surface area contributed by atoms with Crippen LogP contribution in [0, 0.1) is 0 Å². The molecule has 0 aliphatic carbocycles. The molecule has 86 valence electrons. The van der Waals surface area contributed by atoms with Gasteiger partial charge in [-0.25, -0.2) is 9.97 Å². The highest BCUT2D eigenvalue weighted by Gasteiger charge is 2.03. The smallest absolute Gasteiger partial charge is 0.147 e. The minimum Gasteiger partial charge on any atom is -0.394 e. The minimum atomic E-state index is 0.0582. The number of hydrogen-bond acceptors (Lipinski definition) is 6. The molecule has 2 aromatic heterocycles. The monoisotopic (exact) mass is 239 g/mol. The molecule has 2 heterocycles. The van der Waals surface area contributed by atoms with Crippen LogP contribution in [0.15, 0.2) is 17.8 Å². The third-order valence-corrected chi connectivity index (χ3v) is 2.93. The average molecular weight is 239 g/mol. The summed E-state index contributed by atoms with van der Waals surface area (Å²) < 4.78 is 6.21. The first-order valence-electron chi connectivity index (χ1n) is 5.02. The molecule has 0 saturated heterocycles. The first-order valence-corrected chi connectivity index (χ1v) is 5.90. The van der Waals surface area contributed by atoms with E-state index in [-0.39, 0.29) is 6.61 Å². The third-order valence-electron chi connectivity index (χ3n) is 2.02. The zero-order chi connectivity index (χ0) is 11.2. The van der Waals surface area contributed by atoms with Crippen LogP contribution in [0.5, 0.6) is 0 Å². The summed E-state index contributed by atoms with van der Waals surface area (Å²) in [5, 5.41) is 13.7. The molecule has 0 atom stereocenters. The molecule has 5 nitrogen and oxygen atoms in total. The molecule has 0 saturated carbocycles. The van der Waals surface area contributed by atoms with Crippen molar-refractivity contribution in [3.63, 3.8) is 0 Å². The van der Waals surface area contributed by atoms with E-state index >= 15 is 0 Å². The molecule has 0 aliphatic rings. The van der Waals surface area contributed by atoms with Crippen molar-refractivity contribution >= 4 is 27.4 Å². The van der Waals surface area contributed by atoms with Gasteiger partial charge in [-0.3, -0.25) is 0 Å². The Balaban J connectivity index is 1.91. The number of nitrogens with one attached hydrogen (secondary N) is 1. The van der Waals surface area contributed by atoms with Crippen LogP contribution in [0.3, 0.4) is 0 Å². The molecule has 0 unspecified atom stereocenters. The van der Waals surface area contributed by atoms with Crippen molar-refractivity contribution in [2.24, 2.45) is 0 Å². The second kappa shape index (κ2) is 5.74. The summed E-state index contributed by atoms with van der Waals surface area (Å²) in [5.74, 6) is 0.840. The summed E-state index contributed by atoms with van der Waals surface area (Å²) in [4.78, 5) is 8.33. The van der Waals surface area contributed by atoms with Crippen LogP contribution in [0.4, 0.5) is 5.82 Å². The molecule has 0 bridgehead atoms. The van der Waals surface area contributed by atoms with Gasteiger partial charge >= 0.3 is 0 Å². The van der Waals surface area contributed by atoms with Crippen molar-refractivity contribution < 1.29 is 9.84 Å². The average Bonchev–Trinajstić information content (AvgIpc) is 2.77. The van der Waals surface area contributed by atoms with Crippen molar-refractivity contribution in [1.29, 1.82) is 0 Å². The van der Waals surface area contributed by atoms with Gasteiger partial charge in [0.15, 0.2) is 0 Å². The minimum absolute atomic E-state index is 0.0582. The van der Waals surface area contributed by atoms with Crippen molar-refractivity contribution in [2.75, 3.05) is 31.7 Å². The molecule has 0 aliphatic heterocycles. The fraction of sp³-hybridized carbons (Fsp3) is 0.400. The number of aliphatic hydroxyl groups excluding tert-OH is 1. The first kappa shape index (κ1) is 11.3. The third kappa shape index (κ3) is 2.66. The van der Waals surface area contributed by atoms with Crippen molar-refractivity contribution in [3.05, 3.63) is 17.8 Å². The Morgan fingerprint density at radius 1 is 1.38 bits per heavy atom. The lowest BCUT2D eigenvalue weighted by atomic mass is 10.4. The Hall–Kier alpha value is -1.24. The van der Waals surface area contributed by atoms with Gasteiger partial charge in [-0.15, -0.1) is 11.3 Å². The number of anilines is 1. The van der Waals surface area contributed by atoms with E-state index in [1.165, 1.54) is 0 Å². The molecular formula is C10H13N3O2S. The van der Waals surface area contributed by atoms with Crippen molar-refractivity contribution in [1.82, 2.24) is 9.97 Å². The number of aromatic nitrogens is 2. The lowest BCUT2D eigenvalue weighted by molar-refractivity contribution is 0.0992. The SMILES string of the molecule is OCCOCCNc1ncnc2ccsc12. The van der Waals surface area contributed by atoms with Crippen molar-refractivity contribution in [2.45, 2.75) is 0 Å². The summed E-state index contributed by atoms with van der Waals surface area (Å²) in [6.07, 6.45) is 1.55. The summed E-state index contributed by atoms with van der Waals surface area (Å²) in [5.41, 5.74) is 0.957. The second-order valence-electron chi connectivity index (χ2n) is 3.12. The van der Waals surface area contributed by atoms with Gasteiger partial charge in [-0.1, -0.05) is 0 Å². The fourth-order valence-electron chi connectivity index (χ4n) is 1.32. The molecule has 0 fully saturated rings. The summed E-state index contributed by atoms with van der Waals surface area (Å²) in [7, 11) is 0. The summed E-state index contributed by atoms with van der Waals surface area (Å²) >= 11 is 1.61. The Morgan fingerprint density at radius 2 is 2.31 bits per heavy atom. The molecular weight excluding hydrogens is 226 g/mol. The summed E-state index contributed by atoms with van der Waals surface area (Å²) in [6.45, 7) is 1.66. The van der Waals surface area contributed by atoms with E-state index in [0.29, 0.717) is 19.8 Å². The van der Waals surface area contributed by atoms with Crippen LogP contribution in [-0.2, 0) is 4.74 Å². The maximum Gasteiger partial charge on any atom is 0.147 e. The number of ether oxygens (including phenoxy) is 1. The lowest BCUT2D eigenvalue weighted by Crippen LogP contribution is -2.12. The van der Waals surface area contributed by atoms with E-state index in [0.717, 1.165) is 16.0 Å². The maximum atomic E-state index is 8.53. The standard InChI is InChI=1S/C10H13N3O2S/c14-3-5-15-4-2-11-10-9-8(1-6-16-9)12-7-13-10/h1,6-7,14H,2-5H2,(H,11,12,13). The van der Waals surface area contributed by atoms with Crippen LogP contribution in [0.1, 0.15) is 0 Å². The number of nitrogens with zero attached hydrogens (tertiary/aromatic N) is 2. The molecule has 2 rings (SSSR count). The van der Waals surface area contributed by atoms with Crippen LogP contribution >= 0.6 is 11.3 Å². The zero-order valence-electron chi connectivity index (χ0n) is 8.72. The molecule has 0 spiro atoms. The van der Waals surface area contributed by atoms with Crippen LogP contribution in [0.2, 0.25) is 0 Å². The molecule has 0 amide bonds. The predicted molar refractivity (Wildman–Crippen MR) is 63.8 cm³/mol. The Labute approximate surface area is 97.1 Å². The number of rotatable bonds is 6. The highest BCUT2D eigenvalue weighted by molar-refractivity contribution is 7.17. The highest BCUT2D eigenvalue weighted by Crippen LogP contribution is 2.24. The van der Waals surface area contributed by atoms with E-state index in [4.69, 9.17) is 9.84 Å². The van der Waals surface area contributed by atoms with Gasteiger partial charge in [-0.05, 0) is 11.4 Å². The van der Waals surface area contributed by atoms with Crippen LogP contribution in [0.25, 0.3) is 10.2 Å². The highest BCUT2D eigenvalue weighted by atomic mass is 32.1. The topological polar surface area (TPSA) is 67.3 Å². The Bertz CT molecular complexity index is 446. The van der Waals surface area contributed by atoms with E-state index in [1.807, 2.05) is 11.4 Å². The molecule has 2 N–H and O–H groups in total. The largest absolute Gasteiger partial charge is 0.394 e. The number of hydrogen-bond donors (Lipinski definition) is 2. The molecule has 2 aromatic rings. The molecule has 6 heteroatoms. The van der Waals surface area contributed by atoms with E-state index < -0.39 is 0 Å². The summed E-state index contributed by atoms with van der Waals surface area (Å²) in [6, 6.07) is 1.97. The van der Waals surface area contributed by atoms with Crippen LogP contribution < -0.4 is 5.32 Å². The van der Waals surface area contributed by atoms with Gasteiger partial charge in [0.1, 0.15) is 12.1 Å². The van der Waals surface area contributed by atoms with Gasteiger partial charge in [0.2, 0.25) is 0 Å². The molecule has 16 heavy (non-hydrogen) atoms. The van der Waals surface area contributed by atoms with Gasteiger partial charge in [-0.2, -0.15) is 0 Å². The Morgan fingerprint density at radius 3 is 3.19 bits per heavy atom. The van der Waals surface area contributed by atoms with E-state index in [2.05, 4.69) is 15.3 Å². The number of aliphatic hydroxyl groups is 1. The predicted octanol–water partition coefficient (Wildman–Crippen LogP) is 1.11. The lowest BCUT2D eigenvalue weighted by Gasteiger charge is -2.06. The van der Waals surface area contributed by atoms with E-state index in [9.17, 15) is 0 Å². The van der Waals surface area contributed by atoms with Gasteiger partial charge in [0.05, 0.1) is 30.0 Å². The fourth-order valence-corrected chi connectivity index (χ4v) is 2.13. The Kier molecular flexibility index (Phi) is 4.03. The maximum absolute atomic E-state index is 8.53. The van der Waals surface area contributed by atoms with Gasteiger partial charge < -0.3 is 15.2 Å². The van der Waals surface area contributed by atoms with Crippen molar-refractivity contribution in [3.8, 4) is 0 Å².